The zero-order chi connectivity index (χ0) is 10.6. The van der Waals surface area contributed by atoms with Crippen LogP contribution in [0.25, 0.3) is 0 Å². The minimum absolute atomic E-state index is 0.161. The predicted molar refractivity (Wildman–Crippen MR) is 65.6 cm³/mol. The van der Waals surface area contributed by atoms with Gasteiger partial charge in [0, 0.05) is 5.54 Å². The first-order valence-corrected chi connectivity index (χ1v) is 6.12. The van der Waals surface area contributed by atoms with Crippen LogP contribution in [0.15, 0.2) is 24.3 Å². The van der Waals surface area contributed by atoms with Gasteiger partial charge in [0.15, 0.2) is 0 Å². The minimum Gasteiger partial charge on any atom is -0.258 e. The summed E-state index contributed by atoms with van der Waals surface area (Å²) in [5, 5.41) is 0. The third-order valence-corrected chi connectivity index (χ3v) is 2.90. The van der Waals surface area contributed by atoms with Crippen LogP contribution in [0, 0.1) is 6.92 Å². The van der Waals surface area contributed by atoms with Crippen molar-refractivity contribution in [2.45, 2.75) is 32.7 Å². The topological polar surface area (TPSA) is 12.0 Å². The van der Waals surface area contributed by atoms with Gasteiger partial charge in [-0.2, -0.15) is 0 Å². The van der Waals surface area contributed by atoms with Crippen LogP contribution in [-0.2, 0) is 6.42 Å². The van der Waals surface area contributed by atoms with Gasteiger partial charge in [0.25, 0.3) is 0 Å². The normalized spacial score (nSPS) is 11.7. The maximum absolute atomic E-state index is 3.40. The van der Waals surface area contributed by atoms with Crippen molar-refractivity contribution in [2.24, 2.45) is 0 Å². The molecule has 0 saturated heterocycles. The van der Waals surface area contributed by atoms with E-state index < -0.39 is 0 Å². The van der Waals surface area contributed by atoms with E-state index in [1.807, 2.05) is 0 Å². The number of benzene rings is 1. The van der Waals surface area contributed by atoms with Crippen molar-refractivity contribution in [1.29, 1.82) is 0 Å². The lowest BCUT2D eigenvalue weighted by Crippen LogP contribution is -2.36. The lowest BCUT2D eigenvalue weighted by molar-refractivity contribution is 0.479. The van der Waals surface area contributed by atoms with E-state index in [-0.39, 0.29) is 5.54 Å². The van der Waals surface area contributed by atoms with Gasteiger partial charge in [0.1, 0.15) is 0 Å². The van der Waals surface area contributed by atoms with Crippen molar-refractivity contribution < 1.29 is 0 Å². The lowest BCUT2D eigenvalue weighted by atomic mass is 9.96. The van der Waals surface area contributed by atoms with Crippen LogP contribution in [0.2, 0.25) is 0 Å². The molecule has 1 nitrogen and oxygen atoms in total. The monoisotopic (exact) mass is 209 g/mol. The van der Waals surface area contributed by atoms with Crippen molar-refractivity contribution in [2.75, 3.05) is 6.26 Å². The van der Waals surface area contributed by atoms with Gasteiger partial charge >= 0.3 is 0 Å². The summed E-state index contributed by atoms with van der Waals surface area (Å²) < 4.78 is 3.40. The van der Waals surface area contributed by atoms with Gasteiger partial charge in [-0.3, -0.25) is 4.72 Å². The first-order chi connectivity index (χ1) is 6.53. The molecule has 0 unspecified atom stereocenters. The molecule has 0 aromatic heterocycles. The quantitative estimate of drug-likeness (QED) is 0.764. The number of hydrogen-bond acceptors (Lipinski definition) is 2. The molecule has 0 fully saturated rings. The van der Waals surface area contributed by atoms with Crippen molar-refractivity contribution in [3.63, 3.8) is 0 Å². The molecule has 1 N–H and O–H groups in total. The first-order valence-electron chi connectivity index (χ1n) is 4.89. The van der Waals surface area contributed by atoms with Gasteiger partial charge in [0.2, 0.25) is 0 Å². The highest BCUT2D eigenvalue weighted by Crippen LogP contribution is 2.15. The van der Waals surface area contributed by atoms with E-state index in [0.717, 1.165) is 6.42 Å². The third kappa shape index (κ3) is 3.72. The molecule has 0 saturated carbocycles. The average molecular weight is 209 g/mol. The molecular weight excluding hydrogens is 190 g/mol. The Bertz CT molecular complexity index is 277. The van der Waals surface area contributed by atoms with Crippen molar-refractivity contribution in [1.82, 2.24) is 4.72 Å². The summed E-state index contributed by atoms with van der Waals surface area (Å²) in [6.07, 6.45) is 3.13. The summed E-state index contributed by atoms with van der Waals surface area (Å²) in [5.74, 6) is 0. The zero-order valence-corrected chi connectivity index (χ0v) is 10.2. The molecule has 0 aliphatic heterocycles. The second-order valence-electron chi connectivity index (χ2n) is 4.35. The van der Waals surface area contributed by atoms with Crippen LogP contribution in [0.1, 0.15) is 25.0 Å². The van der Waals surface area contributed by atoms with Crippen LogP contribution in [0.3, 0.4) is 0 Å². The number of hydrogen-bond donors (Lipinski definition) is 1. The van der Waals surface area contributed by atoms with E-state index in [1.165, 1.54) is 11.1 Å². The second-order valence-corrected chi connectivity index (χ2v) is 4.96. The van der Waals surface area contributed by atoms with Crippen molar-refractivity contribution in [3.8, 4) is 0 Å². The molecule has 0 aliphatic rings. The van der Waals surface area contributed by atoms with E-state index >= 15 is 0 Å². The summed E-state index contributed by atoms with van der Waals surface area (Å²) in [6.45, 7) is 6.57. The van der Waals surface area contributed by atoms with Crippen LogP contribution in [0.4, 0.5) is 0 Å². The highest BCUT2D eigenvalue weighted by atomic mass is 32.2. The van der Waals surface area contributed by atoms with E-state index in [0.29, 0.717) is 0 Å². The van der Waals surface area contributed by atoms with E-state index in [4.69, 9.17) is 0 Å². The smallest absolute Gasteiger partial charge is 0.0266 e. The molecule has 0 bridgehead atoms. The fourth-order valence-electron chi connectivity index (χ4n) is 1.53. The minimum atomic E-state index is 0.161. The molecule has 78 valence electrons. The van der Waals surface area contributed by atoms with Gasteiger partial charge in [-0.15, -0.1) is 0 Å². The molecule has 0 spiro atoms. The van der Waals surface area contributed by atoms with Gasteiger partial charge < -0.3 is 0 Å². The lowest BCUT2D eigenvalue weighted by Gasteiger charge is -2.24. The Morgan fingerprint density at radius 3 is 2.29 bits per heavy atom. The van der Waals surface area contributed by atoms with Crippen LogP contribution < -0.4 is 4.72 Å². The van der Waals surface area contributed by atoms with Crippen LogP contribution >= 0.6 is 11.9 Å². The Hall–Kier alpha value is -0.470. The zero-order valence-electron chi connectivity index (χ0n) is 9.42. The number of aryl methyl sites for hydroxylation is 1. The Morgan fingerprint density at radius 2 is 1.79 bits per heavy atom. The summed E-state index contributed by atoms with van der Waals surface area (Å²) >= 11 is 1.68. The van der Waals surface area contributed by atoms with Crippen LogP contribution in [-0.4, -0.2) is 11.8 Å². The molecule has 1 aromatic carbocycles. The molecule has 0 atom stereocenters. The average Bonchev–Trinajstić information content (AvgIpc) is 2.08. The standard InChI is InChI=1S/C12H19NS/c1-10-5-7-11(8-6-10)9-12(2,3)13-14-4/h5-8,13H,9H2,1-4H3. The molecular formula is C12H19NS. The third-order valence-electron chi connectivity index (χ3n) is 2.15. The molecule has 0 radical (unpaired) electrons. The Morgan fingerprint density at radius 1 is 1.21 bits per heavy atom. The SMILES string of the molecule is CSNC(C)(C)Cc1ccc(C)cc1. The summed E-state index contributed by atoms with van der Waals surface area (Å²) in [7, 11) is 0. The summed E-state index contributed by atoms with van der Waals surface area (Å²) in [5.41, 5.74) is 2.88. The first kappa shape index (κ1) is 11.6. The largest absolute Gasteiger partial charge is 0.258 e. The Labute approximate surface area is 91.4 Å². The number of nitrogens with one attached hydrogen (secondary N) is 1. The molecule has 0 aliphatic carbocycles. The Kier molecular flexibility index (Phi) is 4.02. The summed E-state index contributed by atoms with van der Waals surface area (Å²) in [6, 6.07) is 8.76. The van der Waals surface area contributed by atoms with Gasteiger partial charge in [-0.25, -0.2) is 0 Å². The Balaban J connectivity index is 2.64. The summed E-state index contributed by atoms with van der Waals surface area (Å²) in [4.78, 5) is 0. The van der Waals surface area contributed by atoms with Gasteiger partial charge in [-0.05, 0) is 39.0 Å². The van der Waals surface area contributed by atoms with E-state index in [1.54, 1.807) is 11.9 Å². The molecule has 2 heteroatoms. The predicted octanol–water partition coefficient (Wildman–Crippen LogP) is 3.18. The fourth-order valence-corrected chi connectivity index (χ4v) is 2.15. The molecule has 0 heterocycles. The van der Waals surface area contributed by atoms with E-state index in [2.05, 4.69) is 56.0 Å². The highest BCUT2D eigenvalue weighted by molar-refractivity contribution is 7.96. The fraction of sp³-hybridized carbons (Fsp3) is 0.500. The number of rotatable bonds is 4. The maximum Gasteiger partial charge on any atom is 0.0266 e. The maximum atomic E-state index is 3.40. The molecule has 0 amide bonds. The molecule has 1 rings (SSSR count). The van der Waals surface area contributed by atoms with Crippen LogP contribution in [0.5, 0.6) is 0 Å². The van der Waals surface area contributed by atoms with Gasteiger partial charge in [0.05, 0.1) is 0 Å². The second kappa shape index (κ2) is 4.85. The van der Waals surface area contributed by atoms with Gasteiger partial charge in [-0.1, -0.05) is 41.8 Å². The molecule has 14 heavy (non-hydrogen) atoms. The van der Waals surface area contributed by atoms with Crippen molar-refractivity contribution >= 4 is 11.9 Å². The molecule has 1 aromatic rings. The highest BCUT2D eigenvalue weighted by Gasteiger charge is 2.16. The van der Waals surface area contributed by atoms with Crippen molar-refractivity contribution in [3.05, 3.63) is 35.4 Å². The van der Waals surface area contributed by atoms with E-state index in [9.17, 15) is 0 Å².